The van der Waals surface area contributed by atoms with Gasteiger partial charge in [-0.25, -0.2) is 4.98 Å². The molecule has 1 atom stereocenters. The Morgan fingerprint density at radius 2 is 2.33 bits per heavy atom. The van der Waals surface area contributed by atoms with Crippen molar-refractivity contribution in [2.24, 2.45) is 5.92 Å². The molecule has 1 N–H and O–H groups in total. The summed E-state index contributed by atoms with van der Waals surface area (Å²) in [5.41, 5.74) is 0. The minimum atomic E-state index is 0.598. The molecule has 5 heteroatoms. The highest BCUT2D eigenvalue weighted by Gasteiger charge is 2.05. The molecule has 2 rings (SSSR count). The highest BCUT2D eigenvalue weighted by atomic mass is 79.9. The van der Waals surface area contributed by atoms with Crippen molar-refractivity contribution < 1.29 is 0 Å². The van der Waals surface area contributed by atoms with Crippen LogP contribution in [-0.2, 0) is 13.1 Å². The Morgan fingerprint density at radius 1 is 1.50 bits per heavy atom. The number of aryl methyl sites for hydroxylation is 1. The molecule has 0 saturated heterocycles. The lowest BCUT2D eigenvalue weighted by molar-refractivity contribution is 0.441. The van der Waals surface area contributed by atoms with E-state index in [0.717, 1.165) is 25.5 Å². The third kappa shape index (κ3) is 3.93. The third-order valence-electron chi connectivity index (χ3n) is 2.85. The van der Waals surface area contributed by atoms with Crippen LogP contribution in [0.4, 0.5) is 0 Å². The Balaban J connectivity index is 1.72. The number of aromatic nitrogens is 2. The van der Waals surface area contributed by atoms with Crippen LogP contribution in [0.5, 0.6) is 0 Å². The van der Waals surface area contributed by atoms with Crippen LogP contribution in [0, 0.1) is 12.8 Å². The van der Waals surface area contributed by atoms with E-state index in [-0.39, 0.29) is 0 Å². The summed E-state index contributed by atoms with van der Waals surface area (Å²) in [5, 5.41) is 3.50. The second-order valence-corrected chi connectivity index (χ2v) is 7.12. The highest BCUT2D eigenvalue weighted by Crippen LogP contribution is 2.21. The number of hydrogen-bond acceptors (Lipinski definition) is 3. The second kappa shape index (κ2) is 6.50. The molecule has 0 fully saturated rings. The van der Waals surface area contributed by atoms with E-state index >= 15 is 0 Å². The van der Waals surface area contributed by atoms with Gasteiger partial charge in [-0.2, -0.15) is 0 Å². The molecule has 0 radical (unpaired) electrons. The summed E-state index contributed by atoms with van der Waals surface area (Å²) in [4.78, 5) is 5.61. The van der Waals surface area contributed by atoms with Gasteiger partial charge in [-0.1, -0.05) is 6.92 Å². The standard InChI is InChI=1S/C13H18BrN3S/c1-10(9-17-6-5-16-11(17)2)7-15-8-12-3-4-13(14)18-12/h3-6,10,15H,7-9H2,1-2H3. The lowest BCUT2D eigenvalue weighted by atomic mass is 10.2. The van der Waals surface area contributed by atoms with Crippen molar-refractivity contribution in [3.8, 4) is 0 Å². The molecule has 0 aliphatic rings. The molecule has 2 aromatic rings. The quantitative estimate of drug-likeness (QED) is 0.880. The van der Waals surface area contributed by atoms with Crippen LogP contribution >= 0.6 is 27.3 Å². The van der Waals surface area contributed by atoms with E-state index in [9.17, 15) is 0 Å². The molecule has 98 valence electrons. The summed E-state index contributed by atoms with van der Waals surface area (Å²) in [7, 11) is 0. The number of imidazole rings is 1. The number of nitrogens with zero attached hydrogens (tertiary/aromatic N) is 2. The van der Waals surface area contributed by atoms with E-state index in [1.165, 1.54) is 8.66 Å². The average molecular weight is 328 g/mol. The summed E-state index contributed by atoms with van der Waals surface area (Å²) in [6, 6.07) is 4.26. The predicted molar refractivity (Wildman–Crippen MR) is 79.9 cm³/mol. The van der Waals surface area contributed by atoms with Gasteiger partial charge in [0.05, 0.1) is 3.79 Å². The van der Waals surface area contributed by atoms with Gasteiger partial charge in [-0.15, -0.1) is 11.3 Å². The molecule has 0 spiro atoms. The molecule has 2 heterocycles. The summed E-state index contributed by atoms with van der Waals surface area (Å²) >= 11 is 5.27. The van der Waals surface area contributed by atoms with Crippen molar-refractivity contribution in [2.75, 3.05) is 6.54 Å². The number of rotatable bonds is 6. The molecular weight excluding hydrogens is 310 g/mol. The van der Waals surface area contributed by atoms with E-state index in [1.54, 1.807) is 11.3 Å². The normalized spacial score (nSPS) is 12.8. The number of halogens is 1. The van der Waals surface area contributed by atoms with Crippen LogP contribution in [0.25, 0.3) is 0 Å². The molecule has 1 unspecified atom stereocenters. The Labute approximate surface area is 120 Å². The van der Waals surface area contributed by atoms with Crippen molar-refractivity contribution in [2.45, 2.75) is 26.9 Å². The summed E-state index contributed by atoms with van der Waals surface area (Å²) in [6.07, 6.45) is 3.90. The van der Waals surface area contributed by atoms with Gasteiger partial charge in [-0.3, -0.25) is 0 Å². The Hall–Kier alpha value is -0.650. The van der Waals surface area contributed by atoms with Crippen LogP contribution in [0.3, 0.4) is 0 Å². The van der Waals surface area contributed by atoms with Crippen molar-refractivity contribution in [3.63, 3.8) is 0 Å². The van der Waals surface area contributed by atoms with Crippen molar-refractivity contribution >= 4 is 27.3 Å². The Kier molecular flexibility index (Phi) is 4.97. The van der Waals surface area contributed by atoms with Gasteiger partial charge in [0.2, 0.25) is 0 Å². The lowest BCUT2D eigenvalue weighted by Crippen LogP contribution is -2.23. The average Bonchev–Trinajstić information content (AvgIpc) is 2.89. The second-order valence-electron chi connectivity index (χ2n) is 4.57. The van der Waals surface area contributed by atoms with E-state index in [0.29, 0.717) is 5.92 Å². The van der Waals surface area contributed by atoms with Gasteiger partial charge >= 0.3 is 0 Å². The van der Waals surface area contributed by atoms with Crippen LogP contribution in [0.2, 0.25) is 0 Å². The van der Waals surface area contributed by atoms with Crippen LogP contribution < -0.4 is 5.32 Å². The predicted octanol–water partition coefficient (Wildman–Crippen LogP) is 3.44. The maximum absolute atomic E-state index is 4.24. The maximum atomic E-state index is 4.24. The smallest absolute Gasteiger partial charge is 0.105 e. The fourth-order valence-corrected chi connectivity index (χ4v) is 3.34. The Morgan fingerprint density at radius 3 is 2.94 bits per heavy atom. The fourth-order valence-electron chi connectivity index (χ4n) is 1.89. The molecule has 18 heavy (non-hydrogen) atoms. The van der Waals surface area contributed by atoms with E-state index in [2.05, 4.69) is 49.9 Å². The monoisotopic (exact) mass is 327 g/mol. The van der Waals surface area contributed by atoms with Gasteiger partial charge in [0.1, 0.15) is 5.82 Å². The van der Waals surface area contributed by atoms with Gasteiger partial charge in [0.15, 0.2) is 0 Å². The van der Waals surface area contributed by atoms with Crippen molar-refractivity contribution in [1.82, 2.24) is 14.9 Å². The minimum absolute atomic E-state index is 0.598. The van der Waals surface area contributed by atoms with Crippen LogP contribution in [0.15, 0.2) is 28.3 Å². The molecule has 0 aliphatic heterocycles. The Bertz CT molecular complexity index is 492. The summed E-state index contributed by atoms with van der Waals surface area (Å²) in [5.74, 6) is 1.69. The van der Waals surface area contributed by atoms with Crippen LogP contribution in [-0.4, -0.2) is 16.1 Å². The molecule has 0 aliphatic carbocycles. The SMILES string of the molecule is Cc1nccn1CC(C)CNCc1ccc(Br)s1. The van der Waals surface area contributed by atoms with E-state index < -0.39 is 0 Å². The maximum Gasteiger partial charge on any atom is 0.105 e. The van der Waals surface area contributed by atoms with E-state index in [1.807, 2.05) is 19.3 Å². The zero-order chi connectivity index (χ0) is 13.0. The zero-order valence-corrected chi connectivity index (χ0v) is 13.1. The first kappa shape index (κ1) is 13.8. The van der Waals surface area contributed by atoms with E-state index in [4.69, 9.17) is 0 Å². The third-order valence-corrected chi connectivity index (χ3v) is 4.48. The van der Waals surface area contributed by atoms with Crippen molar-refractivity contribution in [3.05, 3.63) is 39.0 Å². The first-order valence-electron chi connectivity index (χ1n) is 6.08. The first-order chi connectivity index (χ1) is 8.65. The van der Waals surface area contributed by atoms with Gasteiger partial charge < -0.3 is 9.88 Å². The minimum Gasteiger partial charge on any atom is -0.335 e. The highest BCUT2D eigenvalue weighted by molar-refractivity contribution is 9.11. The first-order valence-corrected chi connectivity index (χ1v) is 7.69. The molecule has 0 saturated carbocycles. The molecule has 0 amide bonds. The number of hydrogen-bond donors (Lipinski definition) is 1. The van der Waals surface area contributed by atoms with Gasteiger partial charge in [0, 0.05) is 30.4 Å². The number of thiophene rings is 1. The molecule has 2 aromatic heterocycles. The molecular formula is C13H18BrN3S. The largest absolute Gasteiger partial charge is 0.335 e. The molecule has 0 bridgehead atoms. The van der Waals surface area contributed by atoms with Gasteiger partial charge in [-0.05, 0) is 47.4 Å². The van der Waals surface area contributed by atoms with Crippen molar-refractivity contribution in [1.29, 1.82) is 0 Å². The topological polar surface area (TPSA) is 29.9 Å². The van der Waals surface area contributed by atoms with Gasteiger partial charge in [0.25, 0.3) is 0 Å². The van der Waals surface area contributed by atoms with Crippen LogP contribution in [0.1, 0.15) is 17.6 Å². The summed E-state index contributed by atoms with van der Waals surface area (Å²) in [6.45, 7) is 7.30. The lowest BCUT2D eigenvalue weighted by Gasteiger charge is -2.14. The summed E-state index contributed by atoms with van der Waals surface area (Å²) < 4.78 is 3.40. The zero-order valence-electron chi connectivity index (χ0n) is 10.7. The molecule has 0 aromatic carbocycles. The fraction of sp³-hybridized carbons (Fsp3) is 0.462. The number of nitrogens with one attached hydrogen (secondary N) is 1. The molecule has 3 nitrogen and oxygen atoms in total.